The summed E-state index contributed by atoms with van der Waals surface area (Å²) >= 11 is 6.30. The lowest BCUT2D eigenvalue weighted by Gasteiger charge is -2.18. The van der Waals surface area contributed by atoms with Gasteiger partial charge in [0.2, 0.25) is 0 Å². The highest BCUT2D eigenvalue weighted by Crippen LogP contribution is 2.25. The fourth-order valence-corrected chi connectivity index (χ4v) is 3.72. The number of halogens is 2. The fourth-order valence-electron chi connectivity index (χ4n) is 3.52. The molecule has 0 aliphatic heterocycles. The van der Waals surface area contributed by atoms with Crippen molar-refractivity contribution in [2.24, 2.45) is 10.7 Å². The Bertz CT molecular complexity index is 962. The molecule has 0 radical (unpaired) electrons. The number of allylic oxidation sites excluding steroid dienone is 1. The molecule has 3 N–H and O–H groups in total. The zero-order valence-corrected chi connectivity index (χ0v) is 17.5. The molecule has 0 heterocycles. The zero-order chi connectivity index (χ0) is 20.8. The van der Waals surface area contributed by atoms with Crippen molar-refractivity contribution in [2.75, 3.05) is 0 Å². The van der Waals surface area contributed by atoms with Crippen molar-refractivity contribution in [1.82, 2.24) is 5.32 Å². The van der Waals surface area contributed by atoms with E-state index < -0.39 is 0 Å². The molecule has 2 aromatic rings. The first-order chi connectivity index (χ1) is 14.0. The maximum atomic E-state index is 14.0. The summed E-state index contributed by atoms with van der Waals surface area (Å²) in [6, 6.07) is 12.6. The molecule has 1 aliphatic carbocycles. The number of hydrogen-bond donors (Lipinski definition) is 2. The first-order valence-electron chi connectivity index (χ1n) is 9.94. The number of amidine groups is 1. The Labute approximate surface area is 177 Å². The van der Waals surface area contributed by atoms with Gasteiger partial charge in [-0.2, -0.15) is 0 Å². The molecule has 2 aromatic carbocycles. The second kappa shape index (κ2) is 9.75. The van der Waals surface area contributed by atoms with Crippen molar-refractivity contribution in [2.45, 2.75) is 45.6 Å². The number of nitrogens with zero attached hydrogens (tertiary/aromatic N) is 1. The summed E-state index contributed by atoms with van der Waals surface area (Å²) in [4.78, 5) is 4.82. The molecule has 0 atom stereocenters. The highest BCUT2D eigenvalue weighted by molar-refractivity contribution is 6.31. The van der Waals surface area contributed by atoms with Crippen molar-refractivity contribution < 1.29 is 4.39 Å². The molecule has 0 saturated carbocycles. The fraction of sp³-hybridized carbons (Fsp3) is 0.292. The number of nitrogens with two attached hydrogens (primary N) is 1. The van der Waals surface area contributed by atoms with E-state index in [4.69, 9.17) is 22.3 Å². The van der Waals surface area contributed by atoms with Gasteiger partial charge in [-0.05, 0) is 55.9 Å². The lowest BCUT2D eigenvalue weighted by atomic mass is 10.0. The minimum Gasteiger partial charge on any atom is -0.402 e. The molecule has 0 saturated heterocycles. The van der Waals surface area contributed by atoms with Crippen molar-refractivity contribution >= 4 is 23.1 Å². The normalized spacial score (nSPS) is 15.2. The second-order valence-corrected chi connectivity index (χ2v) is 7.74. The van der Waals surface area contributed by atoms with Gasteiger partial charge < -0.3 is 11.1 Å². The Morgan fingerprint density at radius 2 is 1.90 bits per heavy atom. The molecule has 0 fully saturated rings. The van der Waals surface area contributed by atoms with E-state index in [1.165, 1.54) is 6.07 Å². The standard InChI is InChI=1S/C24H27ClFN3/c1-16-19(11-8-13-22(16)26)17(2)29-24(20-10-4-3-5-14-23(20)27)28-15-18-9-6-7-12-21(18)25/h6-9,11-13H,2-5,10,14-15,27H2,1H3,(H,28,29). The van der Waals surface area contributed by atoms with Crippen LogP contribution in [0.25, 0.3) is 5.70 Å². The smallest absolute Gasteiger partial charge is 0.130 e. The van der Waals surface area contributed by atoms with E-state index in [0.29, 0.717) is 28.7 Å². The maximum absolute atomic E-state index is 14.0. The SMILES string of the molecule is C=C(NC(=NCc1ccccc1Cl)C1=C(N)CCCCC1)c1cccc(F)c1C. The summed E-state index contributed by atoms with van der Waals surface area (Å²) in [6.45, 7) is 6.31. The summed E-state index contributed by atoms with van der Waals surface area (Å²) in [5, 5.41) is 4.01. The van der Waals surface area contributed by atoms with Crippen molar-refractivity contribution in [3.8, 4) is 0 Å². The molecule has 1 aliphatic rings. The summed E-state index contributed by atoms with van der Waals surface area (Å²) in [6.07, 6.45) is 5.00. The molecule has 5 heteroatoms. The highest BCUT2D eigenvalue weighted by Gasteiger charge is 2.17. The first kappa shape index (κ1) is 21.1. The molecule has 0 amide bonds. The van der Waals surface area contributed by atoms with E-state index in [-0.39, 0.29) is 5.82 Å². The van der Waals surface area contributed by atoms with E-state index in [9.17, 15) is 4.39 Å². The third kappa shape index (κ3) is 5.27. The quantitative estimate of drug-likeness (QED) is 0.459. The monoisotopic (exact) mass is 411 g/mol. The summed E-state index contributed by atoms with van der Waals surface area (Å²) in [5.41, 5.74) is 11.1. The Morgan fingerprint density at radius 3 is 2.69 bits per heavy atom. The molecular formula is C24H27ClFN3. The van der Waals surface area contributed by atoms with Gasteiger partial charge >= 0.3 is 0 Å². The largest absolute Gasteiger partial charge is 0.402 e. The number of rotatable bonds is 5. The van der Waals surface area contributed by atoms with Gasteiger partial charge in [0.15, 0.2) is 0 Å². The van der Waals surface area contributed by atoms with Crippen molar-refractivity contribution in [3.63, 3.8) is 0 Å². The Hall–Kier alpha value is -2.59. The second-order valence-electron chi connectivity index (χ2n) is 7.34. The summed E-state index contributed by atoms with van der Waals surface area (Å²) in [7, 11) is 0. The van der Waals surface area contributed by atoms with Gasteiger partial charge in [-0.25, -0.2) is 4.39 Å². The molecule has 0 bridgehead atoms. The minimum atomic E-state index is -0.256. The van der Waals surface area contributed by atoms with Crippen LogP contribution in [0.5, 0.6) is 0 Å². The minimum absolute atomic E-state index is 0.256. The van der Waals surface area contributed by atoms with E-state index in [2.05, 4.69) is 11.9 Å². The topological polar surface area (TPSA) is 50.4 Å². The third-order valence-electron chi connectivity index (χ3n) is 5.27. The van der Waals surface area contributed by atoms with Gasteiger partial charge in [0.25, 0.3) is 0 Å². The molecule has 3 nitrogen and oxygen atoms in total. The molecule has 0 unspecified atom stereocenters. The van der Waals surface area contributed by atoms with E-state index >= 15 is 0 Å². The van der Waals surface area contributed by atoms with Crippen LogP contribution >= 0.6 is 11.6 Å². The van der Waals surface area contributed by atoms with Crippen LogP contribution in [0.15, 0.2) is 65.3 Å². The number of aliphatic imine (C=N–C) groups is 1. The van der Waals surface area contributed by atoms with Gasteiger partial charge in [0.05, 0.1) is 6.54 Å². The van der Waals surface area contributed by atoms with Crippen LogP contribution in [-0.4, -0.2) is 5.84 Å². The van der Waals surface area contributed by atoms with Gasteiger partial charge in [0, 0.05) is 27.6 Å². The average molecular weight is 412 g/mol. The maximum Gasteiger partial charge on any atom is 0.130 e. The van der Waals surface area contributed by atoms with Gasteiger partial charge in [-0.15, -0.1) is 0 Å². The summed E-state index contributed by atoms with van der Waals surface area (Å²) in [5.74, 6) is 0.436. The van der Waals surface area contributed by atoms with Crippen LogP contribution < -0.4 is 11.1 Å². The van der Waals surface area contributed by atoms with Crippen LogP contribution in [-0.2, 0) is 6.54 Å². The predicted octanol–water partition coefficient (Wildman–Crippen LogP) is 6.12. The lowest BCUT2D eigenvalue weighted by molar-refractivity contribution is 0.618. The van der Waals surface area contributed by atoms with Crippen LogP contribution in [0.4, 0.5) is 4.39 Å². The van der Waals surface area contributed by atoms with E-state index in [1.807, 2.05) is 30.3 Å². The molecule has 152 valence electrons. The molecule has 3 rings (SSSR count). The van der Waals surface area contributed by atoms with Crippen molar-refractivity contribution in [3.05, 3.63) is 87.8 Å². The van der Waals surface area contributed by atoms with Gasteiger partial charge in [-0.3, -0.25) is 4.99 Å². The van der Waals surface area contributed by atoms with E-state index in [1.54, 1.807) is 13.0 Å². The van der Waals surface area contributed by atoms with E-state index in [0.717, 1.165) is 54.5 Å². The van der Waals surface area contributed by atoms with Gasteiger partial charge in [-0.1, -0.05) is 54.9 Å². The Kier molecular flexibility index (Phi) is 7.10. The summed E-state index contributed by atoms with van der Waals surface area (Å²) < 4.78 is 14.0. The average Bonchev–Trinajstić information content (AvgIpc) is 2.92. The van der Waals surface area contributed by atoms with Crippen molar-refractivity contribution in [1.29, 1.82) is 0 Å². The van der Waals surface area contributed by atoms with Crippen LogP contribution in [0.3, 0.4) is 0 Å². The third-order valence-corrected chi connectivity index (χ3v) is 5.64. The van der Waals surface area contributed by atoms with Crippen LogP contribution in [0.1, 0.15) is 48.8 Å². The predicted molar refractivity (Wildman–Crippen MR) is 120 cm³/mol. The first-order valence-corrected chi connectivity index (χ1v) is 10.3. The van der Waals surface area contributed by atoms with Crippen LogP contribution in [0, 0.1) is 12.7 Å². The number of hydrogen-bond acceptors (Lipinski definition) is 2. The zero-order valence-electron chi connectivity index (χ0n) is 16.8. The molecule has 0 aromatic heterocycles. The molecule has 0 spiro atoms. The number of nitrogens with one attached hydrogen (secondary N) is 1. The molecule has 29 heavy (non-hydrogen) atoms. The van der Waals surface area contributed by atoms with Gasteiger partial charge in [0.1, 0.15) is 11.7 Å². The van der Waals surface area contributed by atoms with Crippen LogP contribution in [0.2, 0.25) is 5.02 Å². The Morgan fingerprint density at radius 1 is 1.14 bits per heavy atom. The highest BCUT2D eigenvalue weighted by atomic mass is 35.5. The molecular weight excluding hydrogens is 385 g/mol. The lowest BCUT2D eigenvalue weighted by Crippen LogP contribution is -2.26. The Balaban J connectivity index is 1.94. The number of benzene rings is 2.